The van der Waals surface area contributed by atoms with E-state index in [-0.39, 0.29) is 30.6 Å². The van der Waals surface area contributed by atoms with Gasteiger partial charge in [0.25, 0.3) is 0 Å². The van der Waals surface area contributed by atoms with Crippen molar-refractivity contribution in [3.63, 3.8) is 0 Å². The lowest BCUT2D eigenvalue weighted by Crippen LogP contribution is -2.41. The van der Waals surface area contributed by atoms with Crippen molar-refractivity contribution in [3.8, 4) is 11.5 Å². The minimum Gasteiger partial charge on any atom is -0.493 e. The zero-order chi connectivity index (χ0) is 27.5. The number of anilines is 2. The zero-order valence-electron chi connectivity index (χ0n) is 23.2. The highest BCUT2D eigenvalue weighted by molar-refractivity contribution is 6.30. The molecule has 0 bridgehead atoms. The summed E-state index contributed by atoms with van der Waals surface area (Å²) in [5, 5.41) is 0.653. The number of hydrogen-bond acceptors (Lipinski definition) is 5. The third kappa shape index (κ3) is 6.02. The molecule has 2 atom stereocenters. The second-order valence-corrected chi connectivity index (χ2v) is 11.1. The Kier molecular flexibility index (Phi) is 8.34. The van der Waals surface area contributed by atoms with Gasteiger partial charge >= 0.3 is 0 Å². The number of fused-ring (bicyclic) bond motifs is 1. The van der Waals surface area contributed by atoms with E-state index in [1.54, 1.807) is 7.11 Å². The van der Waals surface area contributed by atoms with Crippen LogP contribution in [0.4, 0.5) is 11.4 Å². The molecular formula is C32H37ClN2O4. The number of halogens is 1. The van der Waals surface area contributed by atoms with Crippen LogP contribution in [0.5, 0.6) is 11.5 Å². The number of methoxy groups -OCH3 is 1. The maximum Gasteiger partial charge on any atom is 0.232 e. The number of amides is 1. The maximum atomic E-state index is 13.8. The highest BCUT2D eigenvalue weighted by atomic mass is 35.5. The summed E-state index contributed by atoms with van der Waals surface area (Å²) in [6.07, 6.45) is 3.98. The average Bonchev–Trinajstić information content (AvgIpc) is 2.93. The molecule has 0 aliphatic carbocycles. The summed E-state index contributed by atoms with van der Waals surface area (Å²) in [6.45, 7) is 5.68. The largest absolute Gasteiger partial charge is 0.493 e. The molecule has 1 saturated heterocycles. The topological polar surface area (TPSA) is 51.2 Å². The number of benzene rings is 3. The molecule has 2 aliphatic rings. The molecule has 2 aliphatic heterocycles. The number of likely N-dealkylation sites (N-methyl/N-ethyl adjacent to an activating group) is 1. The van der Waals surface area contributed by atoms with E-state index in [0.29, 0.717) is 16.5 Å². The molecule has 6 nitrogen and oxygen atoms in total. The van der Waals surface area contributed by atoms with Crippen LogP contribution < -0.4 is 19.3 Å². The molecule has 7 heteroatoms. The first-order valence-electron chi connectivity index (χ1n) is 13.7. The molecule has 5 rings (SSSR count). The van der Waals surface area contributed by atoms with Crippen molar-refractivity contribution in [2.45, 2.75) is 57.8 Å². The van der Waals surface area contributed by atoms with Crippen molar-refractivity contribution in [3.05, 3.63) is 82.4 Å². The van der Waals surface area contributed by atoms with E-state index in [1.807, 2.05) is 67.3 Å². The molecule has 3 aromatic carbocycles. The second kappa shape index (κ2) is 11.9. The fraction of sp³-hybridized carbons (Fsp3) is 0.406. The Labute approximate surface area is 236 Å². The summed E-state index contributed by atoms with van der Waals surface area (Å²) >= 11 is 6.24. The van der Waals surface area contributed by atoms with E-state index >= 15 is 0 Å². The molecule has 1 fully saturated rings. The number of ether oxygens (including phenoxy) is 3. The van der Waals surface area contributed by atoms with Gasteiger partial charge in [-0.05, 0) is 98.3 Å². The minimum atomic E-state index is -0.335. The summed E-state index contributed by atoms with van der Waals surface area (Å²) in [5.41, 5.74) is 4.87. The Morgan fingerprint density at radius 1 is 1.05 bits per heavy atom. The lowest BCUT2D eigenvalue weighted by Gasteiger charge is -2.38. The number of rotatable bonds is 8. The van der Waals surface area contributed by atoms with Gasteiger partial charge in [-0.25, -0.2) is 0 Å². The molecule has 206 valence electrons. The lowest BCUT2D eigenvalue weighted by molar-refractivity contribution is -0.118. The van der Waals surface area contributed by atoms with Crippen molar-refractivity contribution in [1.82, 2.24) is 0 Å². The monoisotopic (exact) mass is 548 g/mol. The van der Waals surface area contributed by atoms with Crippen molar-refractivity contribution in [2.24, 2.45) is 0 Å². The Hall–Kier alpha value is -3.22. The first-order chi connectivity index (χ1) is 18.8. The van der Waals surface area contributed by atoms with Crippen molar-refractivity contribution in [1.29, 1.82) is 0 Å². The molecule has 1 amide bonds. The van der Waals surface area contributed by atoms with Gasteiger partial charge in [0.05, 0.1) is 31.8 Å². The smallest absolute Gasteiger partial charge is 0.232 e. The number of hydrogen-bond donors (Lipinski definition) is 0. The van der Waals surface area contributed by atoms with Crippen LogP contribution in [0.15, 0.2) is 60.7 Å². The van der Waals surface area contributed by atoms with Crippen molar-refractivity contribution >= 4 is 28.9 Å². The highest BCUT2D eigenvalue weighted by Gasteiger charge is 2.36. The fourth-order valence-electron chi connectivity index (χ4n) is 5.56. The van der Waals surface area contributed by atoms with Crippen LogP contribution in [0.25, 0.3) is 0 Å². The van der Waals surface area contributed by atoms with Gasteiger partial charge in [0.1, 0.15) is 0 Å². The number of carbonyl (C=O) groups is 1. The van der Waals surface area contributed by atoms with Gasteiger partial charge in [-0.15, -0.1) is 0 Å². The molecule has 0 N–H and O–H groups in total. The van der Waals surface area contributed by atoms with Crippen LogP contribution in [0.3, 0.4) is 0 Å². The van der Waals surface area contributed by atoms with Crippen LogP contribution in [-0.4, -0.2) is 45.4 Å². The van der Waals surface area contributed by atoms with E-state index in [9.17, 15) is 4.79 Å². The zero-order valence-corrected chi connectivity index (χ0v) is 23.9. The van der Waals surface area contributed by atoms with Gasteiger partial charge in [-0.2, -0.15) is 0 Å². The van der Waals surface area contributed by atoms with E-state index in [1.165, 1.54) is 6.42 Å². The summed E-state index contributed by atoms with van der Waals surface area (Å²) in [4.78, 5) is 17.9. The van der Waals surface area contributed by atoms with Gasteiger partial charge in [0, 0.05) is 36.6 Å². The van der Waals surface area contributed by atoms with Crippen molar-refractivity contribution in [2.75, 3.05) is 37.1 Å². The van der Waals surface area contributed by atoms with Gasteiger partial charge in [0.15, 0.2) is 11.5 Å². The standard InChI is InChI=1S/C32H37ClN2O4/c1-21(2)39-30-19-28-23(17-29(30)37-4)18-31(36)35(32(28)22-8-10-24(33)11-9-22)26-14-12-25(13-15-26)34(3)20-27-7-5-6-16-38-27/h8-15,17,19,21,27,32H,5-7,16,18,20H2,1-4H3. The van der Waals surface area contributed by atoms with E-state index < -0.39 is 0 Å². The van der Waals surface area contributed by atoms with Crippen LogP contribution in [0.1, 0.15) is 55.8 Å². The molecule has 0 radical (unpaired) electrons. The maximum absolute atomic E-state index is 13.8. The summed E-state index contributed by atoms with van der Waals surface area (Å²) in [7, 11) is 3.72. The lowest BCUT2D eigenvalue weighted by atomic mass is 9.86. The van der Waals surface area contributed by atoms with Crippen molar-refractivity contribution < 1.29 is 19.0 Å². The predicted octanol–water partition coefficient (Wildman–Crippen LogP) is 6.82. The van der Waals surface area contributed by atoms with E-state index in [0.717, 1.165) is 54.1 Å². The van der Waals surface area contributed by atoms with Crippen LogP contribution >= 0.6 is 11.6 Å². The van der Waals surface area contributed by atoms with E-state index in [4.69, 9.17) is 25.8 Å². The van der Waals surface area contributed by atoms with Gasteiger partial charge < -0.3 is 24.0 Å². The van der Waals surface area contributed by atoms with Gasteiger partial charge in [-0.1, -0.05) is 23.7 Å². The average molecular weight is 549 g/mol. The first-order valence-corrected chi connectivity index (χ1v) is 14.1. The Morgan fingerprint density at radius 2 is 1.79 bits per heavy atom. The minimum absolute atomic E-state index is 0.0178. The third-order valence-electron chi connectivity index (χ3n) is 7.46. The molecule has 3 aromatic rings. The Bertz CT molecular complexity index is 1290. The quantitative estimate of drug-likeness (QED) is 0.309. The van der Waals surface area contributed by atoms with Gasteiger partial charge in [-0.3, -0.25) is 4.79 Å². The molecular weight excluding hydrogens is 512 g/mol. The molecule has 0 spiro atoms. The Morgan fingerprint density at radius 3 is 2.44 bits per heavy atom. The molecule has 0 aromatic heterocycles. The normalized spacial score (nSPS) is 19.1. The predicted molar refractivity (Wildman–Crippen MR) is 157 cm³/mol. The molecule has 39 heavy (non-hydrogen) atoms. The SMILES string of the molecule is COc1cc2c(cc1OC(C)C)C(c1ccc(Cl)cc1)N(c1ccc(N(C)CC3CCCCO3)cc1)C(=O)C2. The summed E-state index contributed by atoms with van der Waals surface area (Å²) in [6, 6.07) is 19.6. The number of carbonyl (C=O) groups excluding carboxylic acids is 1. The van der Waals surface area contributed by atoms with Crippen LogP contribution in [0, 0.1) is 0 Å². The third-order valence-corrected chi connectivity index (χ3v) is 7.71. The van der Waals surface area contributed by atoms with Gasteiger partial charge in [0.2, 0.25) is 5.91 Å². The van der Waals surface area contributed by atoms with E-state index in [2.05, 4.69) is 24.1 Å². The molecule has 0 saturated carbocycles. The summed E-state index contributed by atoms with van der Waals surface area (Å²) < 4.78 is 17.7. The molecule has 2 heterocycles. The Balaban J connectivity index is 1.51. The number of nitrogens with zero attached hydrogens (tertiary/aromatic N) is 2. The van der Waals surface area contributed by atoms with Crippen LogP contribution in [0.2, 0.25) is 5.02 Å². The highest BCUT2D eigenvalue weighted by Crippen LogP contribution is 2.44. The second-order valence-electron chi connectivity index (χ2n) is 10.6. The van der Waals surface area contributed by atoms with Crippen LogP contribution in [-0.2, 0) is 16.0 Å². The summed E-state index contributed by atoms with van der Waals surface area (Å²) in [5.74, 6) is 1.33. The first kappa shape index (κ1) is 27.4. The fourth-order valence-corrected chi connectivity index (χ4v) is 5.68. The molecule has 2 unspecified atom stereocenters.